The molecule has 0 spiro atoms. The molecule has 212 valence electrons. The smallest absolute Gasteiger partial charge is 0.417 e. The molecule has 1 aliphatic heterocycles. The average Bonchev–Trinajstić information content (AvgIpc) is 2.94. The Labute approximate surface area is 236 Å². The van der Waals surface area contributed by atoms with E-state index in [1.54, 1.807) is 6.20 Å². The number of hydrogen-bond donors (Lipinski definition) is 1. The van der Waals surface area contributed by atoms with E-state index in [1.165, 1.54) is 6.07 Å². The van der Waals surface area contributed by atoms with Gasteiger partial charge in [0.25, 0.3) is 0 Å². The van der Waals surface area contributed by atoms with Gasteiger partial charge in [0, 0.05) is 31.1 Å². The molecule has 40 heavy (non-hydrogen) atoms. The molecule has 1 saturated heterocycles. The molecule has 1 aliphatic rings. The molecule has 1 fully saturated rings. The molecule has 0 unspecified atom stereocenters. The standard InChI is InChI=1S/C27H26F3N5O2S.C2H6/c1-3-9-34-10-12-35(13-11-34)26-32-16-23(25(33-26)37-17-19-6-4-5-18(2)14-19)38-20-7-8-21(24(31)36)22(15-20)27(28,29)30;1-2/h1,4-8,14-16H,9-13,17H2,2H3,(H2,31,36);1-2H3. The minimum absolute atomic E-state index is 0.218. The fraction of sp³-hybridized carbons (Fsp3) is 0.345. The van der Waals surface area contributed by atoms with Gasteiger partial charge < -0.3 is 15.4 Å². The van der Waals surface area contributed by atoms with Crippen molar-refractivity contribution in [2.75, 3.05) is 37.6 Å². The summed E-state index contributed by atoms with van der Waals surface area (Å²) >= 11 is 1.01. The maximum absolute atomic E-state index is 13.6. The van der Waals surface area contributed by atoms with Crippen molar-refractivity contribution in [2.45, 2.75) is 43.3 Å². The highest BCUT2D eigenvalue weighted by atomic mass is 32.2. The fourth-order valence-electron chi connectivity index (χ4n) is 4.02. The van der Waals surface area contributed by atoms with E-state index in [9.17, 15) is 18.0 Å². The van der Waals surface area contributed by atoms with Gasteiger partial charge in [-0.3, -0.25) is 9.69 Å². The summed E-state index contributed by atoms with van der Waals surface area (Å²) in [6.45, 7) is 9.64. The van der Waals surface area contributed by atoms with Crippen LogP contribution in [0.2, 0.25) is 0 Å². The van der Waals surface area contributed by atoms with Gasteiger partial charge in [-0.25, -0.2) is 4.98 Å². The highest BCUT2D eigenvalue weighted by molar-refractivity contribution is 7.99. The minimum Gasteiger partial charge on any atom is -0.472 e. The van der Waals surface area contributed by atoms with Gasteiger partial charge in [0.05, 0.1) is 28.8 Å². The van der Waals surface area contributed by atoms with Crippen molar-refractivity contribution < 1.29 is 22.7 Å². The number of carbonyl (C=O) groups is 1. The van der Waals surface area contributed by atoms with Crippen LogP contribution in [0.3, 0.4) is 0 Å². The molecular weight excluding hydrogens is 539 g/mol. The molecule has 0 aliphatic carbocycles. The molecule has 11 heteroatoms. The summed E-state index contributed by atoms with van der Waals surface area (Å²) in [4.78, 5) is 25.5. The Balaban J connectivity index is 0.00000216. The number of halogens is 3. The van der Waals surface area contributed by atoms with E-state index in [2.05, 4.69) is 20.8 Å². The van der Waals surface area contributed by atoms with Crippen molar-refractivity contribution in [3.8, 4) is 18.2 Å². The van der Waals surface area contributed by atoms with Crippen LogP contribution >= 0.6 is 11.8 Å². The lowest BCUT2D eigenvalue weighted by Gasteiger charge is -2.33. The molecule has 7 nitrogen and oxygen atoms in total. The van der Waals surface area contributed by atoms with E-state index < -0.39 is 23.2 Å². The van der Waals surface area contributed by atoms with Crippen molar-refractivity contribution >= 4 is 23.6 Å². The number of hydrogen-bond acceptors (Lipinski definition) is 7. The van der Waals surface area contributed by atoms with Crippen molar-refractivity contribution in [3.05, 3.63) is 70.9 Å². The number of nitrogens with two attached hydrogens (primary N) is 1. The lowest BCUT2D eigenvalue weighted by Crippen LogP contribution is -2.47. The molecule has 0 saturated carbocycles. The predicted octanol–water partition coefficient (Wildman–Crippen LogP) is 5.41. The Morgan fingerprint density at radius 2 is 1.88 bits per heavy atom. The van der Waals surface area contributed by atoms with E-state index in [4.69, 9.17) is 16.9 Å². The van der Waals surface area contributed by atoms with Gasteiger partial charge in [0.2, 0.25) is 17.7 Å². The summed E-state index contributed by atoms with van der Waals surface area (Å²) in [5, 5.41) is 0. The number of ether oxygens (including phenoxy) is 1. The molecule has 0 bridgehead atoms. The van der Waals surface area contributed by atoms with Crippen LogP contribution < -0.4 is 15.4 Å². The Morgan fingerprint density at radius 1 is 1.15 bits per heavy atom. The number of carbonyl (C=O) groups excluding carboxylic acids is 1. The van der Waals surface area contributed by atoms with Gasteiger partial charge in [-0.2, -0.15) is 18.2 Å². The van der Waals surface area contributed by atoms with Crippen LogP contribution in [0.15, 0.2) is 58.5 Å². The normalized spacial score (nSPS) is 13.7. The quantitative estimate of drug-likeness (QED) is 0.362. The van der Waals surface area contributed by atoms with E-state index in [1.807, 2.05) is 49.9 Å². The third-order valence-electron chi connectivity index (χ3n) is 5.93. The molecule has 0 atom stereocenters. The highest BCUT2D eigenvalue weighted by Gasteiger charge is 2.35. The topological polar surface area (TPSA) is 84.6 Å². The van der Waals surface area contributed by atoms with E-state index >= 15 is 0 Å². The molecule has 0 radical (unpaired) electrons. The van der Waals surface area contributed by atoms with Crippen LogP contribution in [0.5, 0.6) is 5.88 Å². The monoisotopic (exact) mass is 571 g/mol. The molecular formula is C29H32F3N5O2S. The Morgan fingerprint density at radius 3 is 2.50 bits per heavy atom. The fourth-order valence-corrected chi connectivity index (χ4v) is 4.89. The summed E-state index contributed by atoms with van der Waals surface area (Å²) in [6, 6.07) is 11.2. The Kier molecular flexibility index (Phi) is 10.8. The molecule has 2 aromatic carbocycles. The summed E-state index contributed by atoms with van der Waals surface area (Å²) in [5.41, 5.74) is 5.46. The van der Waals surface area contributed by atoms with Crippen molar-refractivity contribution in [1.29, 1.82) is 0 Å². The summed E-state index contributed by atoms with van der Waals surface area (Å²) < 4.78 is 46.9. The van der Waals surface area contributed by atoms with Crippen LogP contribution in [0.25, 0.3) is 0 Å². The van der Waals surface area contributed by atoms with E-state index in [0.717, 1.165) is 48.1 Å². The first-order valence-corrected chi connectivity index (χ1v) is 13.6. The number of terminal acetylenes is 1. The van der Waals surface area contributed by atoms with Crippen molar-refractivity contribution in [2.24, 2.45) is 5.73 Å². The minimum atomic E-state index is -4.74. The Bertz CT molecular complexity index is 1350. The number of piperazine rings is 1. The number of aryl methyl sites for hydroxylation is 1. The number of benzene rings is 2. The first-order valence-electron chi connectivity index (χ1n) is 12.8. The van der Waals surface area contributed by atoms with Gasteiger partial charge in [-0.05, 0) is 30.7 Å². The van der Waals surface area contributed by atoms with Crippen LogP contribution in [-0.2, 0) is 12.8 Å². The number of nitrogens with zero attached hydrogens (tertiary/aromatic N) is 4. The number of primary amides is 1. The molecule has 1 aromatic heterocycles. The largest absolute Gasteiger partial charge is 0.472 e. The molecule has 3 aromatic rings. The summed E-state index contributed by atoms with van der Waals surface area (Å²) in [5.74, 6) is 2.22. The zero-order valence-corrected chi connectivity index (χ0v) is 23.5. The lowest BCUT2D eigenvalue weighted by molar-refractivity contribution is -0.138. The van der Waals surface area contributed by atoms with Gasteiger partial charge in [0.1, 0.15) is 6.61 Å². The number of alkyl halides is 3. The summed E-state index contributed by atoms with van der Waals surface area (Å²) in [6.07, 6.45) is 2.22. The number of anilines is 1. The molecule has 1 amide bonds. The first-order chi connectivity index (χ1) is 19.1. The van der Waals surface area contributed by atoms with E-state index in [-0.39, 0.29) is 17.4 Å². The summed E-state index contributed by atoms with van der Waals surface area (Å²) in [7, 11) is 0. The third-order valence-corrected chi connectivity index (χ3v) is 6.92. The van der Waals surface area contributed by atoms with Crippen LogP contribution in [0.1, 0.15) is 40.9 Å². The van der Waals surface area contributed by atoms with Crippen LogP contribution in [-0.4, -0.2) is 53.5 Å². The van der Waals surface area contributed by atoms with E-state index in [0.29, 0.717) is 30.5 Å². The maximum Gasteiger partial charge on any atom is 0.417 e. The van der Waals surface area contributed by atoms with Crippen LogP contribution in [0.4, 0.5) is 19.1 Å². The van der Waals surface area contributed by atoms with Gasteiger partial charge >= 0.3 is 6.18 Å². The SMILES string of the molecule is C#CCN1CCN(c2ncc(Sc3ccc(C(N)=O)c(C(F)(F)F)c3)c(OCc3cccc(C)c3)n2)CC1.CC. The molecule has 4 rings (SSSR count). The maximum atomic E-state index is 13.6. The van der Waals surface area contributed by atoms with Crippen LogP contribution in [0, 0.1) is 19.3 Å². The second kappa shape index (κ2) is 14.1. The first kappa shape index (κ1) is 30.8. The Hall–Kier alpha value is -3.75. The van der Waals surface area contributed by atoms with Crippen molar-refractivity contribution in [1.82, 2.24) is 14.9 Å². The average molecular weight is 572 g/mol. The number of amides is 1. The highest BCUT2D eigenvalue weighted by Crippen LogP contribution is 2.39. The second-order valence-electron chi connectivity index (χ2n) is 8.76. The third kappa shape index (κ3) is 8.13. The lowest BCUT2D eigenvalue weighted by atomic mass is 10.1. The van der Waals surface area contributed by atoms with Gasteiger partial charge in [-0.15, -0.1) is 6.42 Å². The van der Waals surface area contributed by atoms with Gasteiger partial charge in [0.15, 0.2) is 0 Å². The second-order valence-corrected chi connectivity index (χ2v) is 9.87. The molecule has 2 N–H and O–H groups in total. The number of rotatable bonds is 8. The predicted molar refractivity (Wildman–Crippen MR) is 150 cm³/mol. The zero-order valence-electron chi connectivity index (χ0n) is 22.7. The zero-order chi connectivity index (χ0) is 29.3. The molecule has 2 heterocycles. The van der Waals surface area contributed by atoms with Gasteiger partial charge in [-0.1, -0.05) is 61.4 Å². The van der Waals surface area contributed by atoms with Crippen molar-refractivity contribution in [3.63, 3.8) is 0 Å². The number of aromatic nitrogens is 2.